The van der Waals surface area contributed by atoms with Crippen LogP contribution in [0.15, 0.2) is 48.8 Å². The summed E-state index contributed by atoms with van der Waals surface area (Å²) in [6.45, 7) is 2.70. The number of benzene rings is 1. The van der Waals surface area contributed by atoms with Crippen LogP contribution in [0.4, 0.5) is 0 Å². The number of aromatic nitrogens is 1. The summed E-state index contributed by atoms with van der Waals surface area (Å²) in [6.07, 6.45) is 4.70. The van der Waals surface area contributed by atoms with Crippen LogP contribution in [0.1, 0.15) is 42.2 Å². The fourth-order valence-electron chi connectivity index (χ4n) is 3.01. The zero-order chi connectivity index (χ0) is 16.2. The molecule has 0 saturated heterocycles. The van der Waals surface area contributed by atoms with E-state index in [9.17, 15) is 4.79 Å². The van der Waals surface area contributed by atoms with Gasteiger partial charge < -0.3 is 9.64 Å². The highest BCUT2D eigenvalue weighted by atomic mass is 16.5. The van der Waals surface area contributed by atoms with E-state index in [1.807, 2.05) is 38.2 Å². The van der Waals surface area contributed by atoms with Crippen molar-refractivity contribution < 1.29 is 9.53 Å². The van der Waals surface area contributed by atoms with E-state index in [1.54, 1.807) is 17.3 Å². The molecule has 4 nitrogen and oxygen atoms in total. The highest BCUT2D eigenvalue weighted by Gasteiger charge is 2.26. The van der Waals surface area contributed by atoms with Crippen molar-refractivity contribution in [3.05, 3.63) is 65.5 Å². The third kappa shape index (κ3) is 3.42. The Morgan fingerprint density at radius 2 is 2.17 bits per heavy atom. The number of nitrogens with zero attached hydrogens (tertiary/aromatic N) is 2. The smallest absolute Gasteiger partial charge is 0.225 e. The summed E-state index contributed by atoms with van der Waals surface area (Å²) < 4.78 is 5.85. The van der Waals surface area contributed by atoms with Crippen LogP contribution >= 0.6 is 0 Å². The maximum Gasteiger partial charge on any atom is 0.225 e. The second-order valence-corrected chi connectivity index (χ2v) is 5.98. The molecule has 0 radical (unpaired) electrons. The van der Waals surface area contributed by atoms with Crippen LogP contribution in [0.5, 0.6) is 0 Å². The molecule has 1 aliphatic rings. The van der Waals surface area contributed by atoms with E-state index in [0.717, 1.165) is 17.5 Å². The molecular formula is C19H22N2O2. The molecule has 1 aromatic carbocycles. The number of hydrogen-bond acceptors (Lipinski definition) is 3. The minimum absolute atomic E-state index is 0.00460. The first-order valence-electron chi connectivity index (χ1n) is 8.02. The predicted molar refractivity (Wildman–Crippen MR) is 88.9 cm³/mol. The third-order valence-electron chi connectivity index (χ3n) is 4.59. The normalized spacial score (nSPS) is 18.1. The summed E-state index contributed by atoms with van der Waals surface area (Å²) >= 11 is 0. The van der Waals surface area contributed by atoms with Gasteiger partial charge in [-0.15, -0.1) is 0 Å². The third-order valence-corrected chi connectivity index (χ3v) is 4.59. The van der Waals surface area contributed by atoms with Crippen molar-refractivity contribution >= 4 is 5.91 Å². The monoisotopic (exact) mass is 310 g/mol. The fourth-order valence-corrected chi connectivity index (χ4v) is 3.01. The molecule has 1 aliphatic heterocycles. The molecule has 0 aliphatic carbocycles. The molecule has 4 heteroatoms. The van der Waals surface area contributed by atoms with Gasteiger partial charge in [-0.3, -0.25) is 9.78 Å². The first kappa shape index (κ1) is 15.7. The molecule has 1 aromatic heterocycles. The van der Waals surface area contributed by atoms with Gasteiger partial charge in [0.15, 0.2) is 0 Å². The maximum absolute atomic E-state index is 12.7. The highest BCUT2D eigenvalue weighted by molar-refractivity contribution is 5.77. The zero-order valence-corrected chi connectivity index (χ0v) is 13.6. The molecule has 0 N–H and O–H groups in total. The van der Waals surface area contributed by atoms with Crippen LogP contribution in [0, 0.1) is 0 Å². The standard InChI is InChI=1S/C19H22N2O2/c1-14(16-7-5-10-20-13-16)21(2)19(22)12-18-17-8-4-3-6-15(17)9-11-23-18/h3-8,10,13-14,18H,9,11-12H2,1-2H3. The largest absolute Gasteiger partial charge is 0.373 e. The molecule has 2 heterocycles. The average Bonchev–Trinajstić information content (AvgIpc) is 2.61. The van der Waals surface area contributed by atoms with Gasteiger partial charge >= 0.3 is 0 Å². The number of pyridine rings is 1. The van der Waals surface area contributed by atoms with Gasteiger partial charge in [0.05, 0.1) is 25.2 Å². The number of amides is 1. The predicted octanol–water partition coefficient (Wildman–Crippen LogP) is 3.31. The number of carbonyl (C=O) groups excluding carboxylic acids is 1. The van der Waals surface area contributed by atoms with Crippen molar-refractivity contribution in [3.63, 3.8) is 0 Å². The van der Waals surface area contributed by atoms with E-state index < -0.39 is 0 Å². The molecular weight excluding hydrogens is 288 g/mol. The molecule has 0 fully saturated rings. The average molecular weight is 310 g/mol. The minimum atomic E-state index is -0.143. The Kier molecular flexibility index (Phi) is 4.72. The number of rotatable bonds is 4. The Balaban J connectivity index is 1.70. The van der Waals surface area contributed by atoms with E-state index in [4.69, 9.17) is 4.74 Å². The maximum atomic E-state index is 12.7. The molecule has 1 amide bonds. The summed E-state index contributed by atoms with van der Waals surface area (Å²) in [7, 11) is 1.84. The van der Waals surface area contributed by atoms with Crippen molar-refractivity contribution in [2.75, 3.05) is 13.7 Å². The first-order chi connectivity index (χ1) is 11.2. The molecule has 0 spiro atoms. The van der Waals surface area contributed by atoms with Crippen molar-refractivity contribution in [1.29, 1.82) is 0 Å². The van der Waals surface area contributed by atoms with E-state index in [-0.39, 0.29) is 18.1 Å². The summed E-state index contributed by atoms with van der Waals surface area (Å²) in [6, 6.07) is 12.1. The van der Waals surface area contributed by atoms with Crippen molar-refractivity contribution in [1.82, 2.24) is 9.88 Å². The lowest BCUT2D eigenvalue weighted by Crippen LogP contribution is -2.32. The summed E-state index contributed by atoms with van der Waals surface area (Å²) in [5, 5.41) is 0. The lowest BCUT2D eigenvalue weighted by Gasteiger charge is -2.30. The Morgan fingerprint density at radius 3 is 2.96 bits per heavy atom. The summed E-state index contributed by atoms with van der Waals surface area (Å²) in [5.74, 6) is 0.0862. The van der Waals surface area contributed by atoms with Gasteiger partial charge in [-0.1, -0.05) is 30.3 Å². The summed E-state index contributed by atoms with van der Waals surface area (Å²) in [4.78, 5) is 18.6. The van der Waals surface area contributed by atoms with Crippen LogP contribution in [0.2, 0.25) is 0 Å². The molecule has 3 rings (SSSR count). The summed E-state index contributed by atoms with van der Waals surface area (Å²) in [5.41, 5.74) is 3.47. The second kappa shape index (κ2) is 6.92. The van der Waals surface area contributed by atoms with E-state index in [0.29, 0.717) is 13.0 Å². The molecule has 2 unspecified atom stereocenters. The Hall–Kier alpha value is -2.20. The van der Waals surface area contributed by atoms with E-state index >= 15 is 0 Å². The van der Waals surface area contributed by atoms with Gasteiger partial charge in [0, 0.05) is 19.4 Å². The van der Waals surface area contributed by atoms with Gasteiger partial charge in [-0.2, -0.15) is 0 Å². The topological polar surface area (TPSA) is 42.4 Å². The Labute approximate surface area is 137 Å². The first-order valence-corrected chi connectivity index (χ1v) is 8.02. The van der Waals surface area contributed by atoms with Crippen LogP contribution in [0.3, 0.4) is 0 Å². The second-order valence-electron chi connectivity index (χ2n) is 5.98. The highest BCUT2D eigenvalue weighted by Crippen LogP contribution is 2.30. The van der Waals surface area contributed by atoms with Crippen molar-refractivity contribution in [2.45, 2.75) is 31.9 Å². The molecule has 23 heavy (non-hydrogen) atoms. The van der Waals surface area contributed by atoms with E-state index in [1.165, 1.54) is 5.56 Å². The number of ether oxygens (including phenoxy) is 1. The van der Waals surface area contributed by atoms with Crippen LogP contribution in [-0.2, 0) is 16.0 Å². The number of fused-ring (bicyclic) bond motifs is 1. The van der Waals surface area contributed by atoms with Crippen LogP contribution in [-0.4, -0.2) is 29.4 Å². The van der Waals surface area contributed by atoms with Gasteiger partial charge in [0.2, 0.25) is 5.91 Å². The lowest BCUT2D eigenvalue weighted by atomic mass is 9.95. The van der Waals surface area contributed by atoms with Gasteiger partial charge in [0.25, 0.3) is 0 Å². The van der Waals surface area contributed by atoms with E-state index in [2.05, 4.69) is 17.1 Å². The molecule has 0 bridgehead atoms. The van der Waals surface area contributed by atoms with Crippen molar-refractivity contribution in [3.8, 4) is 0 Å². The minimum Gasteiger partial charge on any atom is -0.373 e. The zero-order valence-electron chi connectivity index (χ0n) is 13.6. The lowest BCUT2D eigenvalue weighted by molar-refractivity contribution is -0.135. The Bertz CT molecular complexity index is 672. The number of carbonyl (C=O) groups is 1. The van der Waals surface area contributed by atoms with Crippen molar-refractivity contribution in [2.24, 2.45) is 0 Å². The van der Waals surface area contributed by atoms with Gasteiger partial charge in [-0.05, 0) is 36.1 Å². The molecule has 2 atom stereocenters. The van der Waals surface area contributed by atoms with Crippen LogP contribution in [0.25, 0.3) is 0 Å². The van der Waals surface area contributed by atoms with Crippen LogP contribution < -0.4 is 0 Å². The quantitative estimate of drug-likeness (QED) is 0.870. The van der Waals surface area contributed by atoms with Gasteiger partial charge in [0.1, 0.15) is 0 Å². The fraction of sp³-hybridized carbons (Fsp3) is 0.368. The molecule has 120 valence electrons. The molecule has 2 aromatic rings. The molecule has 0 saturated carbocycles. The Morgan fingerprint density at radius 1 is 1.35 bits per heavy atom. The number of hydrogen-bond donors (Lipinski definition) is 0. The SMILES string of the molecule is CC(c1cccnc1)N(C)C(=O)CC1OCCc2ccccc21. The van der Waals surface area contributed by atoms with Gasteiger partial charge in [-0.25, -0.2) is 0 Å².